The van der Waals surface area contributed by atoms with Crippen molar-refractivity contribution in [1.82, 2.24) is 4.57 Å². The Morgan fingerprint density at radius 3 is 2.55 bits per heavy atom. The van der Waals surface area contributed by atoms with E-state index in [0.717, 1.165) is 17.1 Å². The first kappa shape index (κ1) is 13.1. The van der Waals surface area contributed by atoms with E-state index in [4.69, 9.17) is 0 Å². The Labute approximate surface area is 131 Å². The molecular formula is C17H13IN2. The van der Waals surface area contributed by atoms with E-state index >= 15 is 0 Å². The number of benzene rings is 2. The van der Waals surface area contributed by atoms with Crippen LogP contribution in [0.2, 0.25) is 0 Å². The Morgan fingerprint density at radius 2 is 1.75 bits per heavy atom. The average molecular weight is 372 g/mol. The lowest BCUT2D eigenvalue weighted by Crippen LogP contribution is -1.97. The molecule has 2 nitrogen and oxygen atoms in total. The molecule has 0 unspecified atom stereocenters. The van der Waals surface area contributed by atoms with Crippen LogP contribution in [0.15, 0.2) is 77.9 Å². The zero-order valence-corrected chi connectivity index (χ0v) is 12.9. The van der Waals surface area contributed by atoms with E-state index < -0.39 is 0 Å². The van der Waals surface area contributed by atoms with Gasteiger partial charge in [-0.2, -0.15) is 0 Å². The van der Waals surface area contributed by atoms with Crippen LogP contribution in [-0.4, -0.2) is 10.8 Å². The zero-order valence-electron chi connectivity index (χ0n) is 10.8. The zero-order chi connectivity index (χ0) is 13.8. The number of nitrogens with zero attached hydrogens (tertiary/aromatic N) is 2. The number of hydrogen-bond acceptors (Lipinski definition) is 1. The van der Waals surface area contributed by atoms with Crippen molar-refractivity contribution in [3.63, 3.8) is 0 Å². The number of aliphatic imine (C=N–C) groups is 1. The van der Waals surface area contributed by atoms with Gasteiger partial charge >= 0.3 is 0 Å². The van der Waals surface area contributed by atoms with Crippen molar-refractivity contribution >= 4 is 34.5 Å². The summed E-state index contributed by atoms with van der Waals surface area (Å²) in [4.78, 5) is 4.55. The van der Waals surface area contributed by atoms with Crippen LogP contribution in [0.3, 0.4) is 0 Å². The third kappa shape index (κ3) is 2.99. The summed E-state index contributed by atoms with van der Waals surface area (Å²) in [7, 11) is 0. The summed E-state index contributed by atoms with van der Waals surface area (Å²) in [6.45, 7) is 0. The summed E-state index contributed by atoms with van der Waals surface area (Å²) in [5.74, 6) is 0. The SMILES string of the molecule is Ic1cccc(N=Cc2cccn2-c2ccccc2)c1. The third-order valence-electron chi connectivity index (χ3n) is 2.97. The topological polar surface area (TPSA) is 17.3 Å². The molecule has 0 N–H and O–H groups in total. The van der Waals surface area contributed by atoms with E-state index in [1.807, 2.05) is 48.8 Å². The van der Waals surface area contributed by atoms with E-state index in [2.05, 4.69) is 62.5 Å². The molecule has 0 saturated carbocycles. The van der Waals surface area contributed by atoms with Crippen LogP contribution in [0, 0.1) is 3.57 Å². The van der Waals surface area contributed by atoms with Gasteiger partial charge in [-0.25, -0.2) is 0 Å². The van der Waals surface area contributed by atoms with Crippen LogP contribution in [0.1, 0.15) is 5.69 Å². The normalized spacial score (nSPS) is 11.1. The molecule has 0 amide bonds. The minimum atomic E-state index is 0.970. The van der Waals surface area contributed by atoms with Crippen molar-refractivity contribution in [2.75, 3.05) is 0 Å². The van der Waals surface area contributed by atoms with Gasteiger partial charge in [0.1, 0.15) is 0 Å². The molecule has 0 radical (unpaired) electrons. The molecule has 3 aromatic rings. The lowest BCUT2D eigenvalue weighted by molar-refractivity contribution is 1.07. The molecule has 2 aromatic carbocycles. The first-order valence-electron chi connectivity index (χ1n) is 6.35. The van der Waals surface area contributed by atoms with Crippen LogP contribution < -0.4 is 0 Å². The van der Waals surface area contributed by atoms with Crippen molar-refractivity contribution < 1.29 is 0 Å². The van der Waals surface area contributed by atoms with Gasteiger partial charge < -0.3 is 4.57 Å². The molecule has 0 bridgehead atoms. The first-order chi connectivity index (χ1) is 9.83. The van der Waals surface area contributed by atoms with Crippen molar-refractivity contribution in [1.29, 1.82) is 0 Å². The molecule has 20 heavy (non-hydrogen) atoms. The number of halogens is 1. The van der Waals surface area contributed by atoms with Gasteiger partial charge in [-0.3, -0.25) is 4.99 Å². The Bertz CT molecular complexity index is 730. The molecular weight excluding hydrogens is 359 g/mol. The lowest BCUT2D eigenvalue weighted by atomic mass is 10.3. The second-order valence-corrected chi connectivity index (χ2v) is 5.62. The predicted molar refractivity (Wildman–Crippen MR) is 92.2 cm³/mol. The number of aromatic nitrogens is 1. The largest absolute Gasteiger partial charge is 0.316 e. The molecule has 1 aromatic heterocycles. The minimum Gasteiger partial charge on any atom is -0.316 e. The smallest absolute Gasteiger partial charge is 0.0641 e. The molecule has 3 rings (SSSR count). The molecule has 0 spiro atoms. The van der Waals surface area contributed by atoms with Crippen LogP contribution in [-0.2, 0) is 0 Å². The third-order valence-corrected chi connectivity index (χ3v) is 3.64. The maximum Gasteiger partial charge on any atom is 0.0641 e. The maximum absolute atomic E-state index is 4.55. The monoisotopic (exact) mass is 372 g/mol. The second-order valence-electron chi connectivity index (χ2n) is 4.38. The highest BCUT2D eigenvalue weighted by Crippen LogP contribution is 2.16. The Balaban J connectivity index is 1.91. The van der Waals surface area contributed by atoms with Crippen LogP contribution >= 0.6 is 22.6 Å². The highest BCUT2D eigenvalue weighted by molar-refractivity contribution is 14.1. The summed E-state index contributed by atoms with van der Waals surface area (Å²) >= 11 is 2.30. The predicted octanol–water partition coefficient (Wildman–Crippen LogP) is 4.83. The van der Waals surface area contributed by atoms with Gasteiger partial charge in [0, 0.05) is 15.5 Å². The number of para-hydroxylation sites is 1. The van der Waals surface area contributed by atoms with Gasteiger partial charge in [0.15, 0.2) is 0 Å². The van der Waals surface area contributed by atoms with Gasteiger partial charge in [-0.15, -0.1) is 0 Å². The van der Waals surface area contributed by atoms with E-state index in [9.17, 15) is 0 Å². The molecule has 0 aliphatic heterocycles. The van der Waals surface area contributed by atoms with Crippen LogP contribution in [0.25, 0.3) is 5.69 Å². The van der Waals surface area contributed by atoms with Crippen molar-refractivity contribution in [3.8, 4) is 5.69 Å². The van der Waals surface area contributed by atoms with Crippen molar-refractivity contribution in [3.05, 3.63) is 82.2 Å². The standard InChI is InChI=1S/C17H13IN2/c18-14-6-4-7-15(12-14)19-13-17-10-5-11-20(17)16-8-2-1-3-9-16/h1-13H. The molecule has 3 heteroatoms. The summed E-state index contributed by atoms with van der Waals surface area (Å²) in [6.07, 6.45) is 3.95. The average Bonchev–Trinajstić information content (AvgIpc) is 2.95. The van der Waals surface area contributed by atoms with E-state index in [1.165, 1.54) is 3.57 Å². The first-order valence-corrected chi connectivity index (χ1v) is 7.43. The summed E-state index contributed by atoms with van der Waals surface area (Å²) in [5, 5.41) is 0. The highest BCUT2D eigenvalue weighted by Gasteiger charge is 2.00. The maximum atomic E-state index is 4.55. The number of hydrogen-bond donors (Lipinski definition) is 0. The Kier molecular flexibility index (Phi) is 3.97. The molecule has 1 heterocycles. The number of rotatable bonds is 3. The van der Waals surface area contributed by atoms with Gasteiger partial charge in [0.05, 0.1) is 17.6 Å². The van der Waals surface area contributed by atoms with E-state index in [0.29, 0.717) is 0 Å². The molecule has 0 fully saturated rings. The Hall–Kier alpha value is -1.88. The second kappa shape index (κ2) is 6.05. The molecule has 0 aliphatic rings. The van der Waals surface area contributed by atoms with Gasteiger partial charge in [0.2, 0.25) is 0 Å². The highest BCUT2D eigenvalue weighted by atomic mass is 127. The lowest BCUT2D eigenvalue weighted by Gasteiger charge is -2.05. The summed E-state index contributed by atoms with van der Waals surface area (Å²) < 4.78 is 3.31. The van der Waals surface area contributed by atoms with Gasteiger partial charge in [0.25, 0.3) is 0 Å². The van der Waals surface area contributed by atoms with Gasteiger partial charge in [-0.05, 0) is 65.1 Å². The van der Waals surface area contributed by atoms with Crippen molar-refractivity contribution in [2.24, 2.45) is 4.99 Å². The molecule has 98 valence electrons. The summed E-state index contributed by atoms with van der Waals surface area (Å²) in [6, 6.07) is 22.5. The fraction of sp³-hybridized carbons (Fsp3) is 0. The molecule has 0 atom stereocenters. The Morgan fingerprint density at radius 1 is 0.900 bits per heavy atom. The minimum absolute atomic E-state index is 0.970. The van der Waals surface area contributed by atoms with Crippen LogP contribution in [0.5, 0.6) is 0 Å². The van der Waals surface area contributed by atoms with E-state index in [-0.39, 0.29) is 0 Å². The fourth-order valence-corrected chi connectivity index (χ4v) is 2.55. The fourth-order valence-electron chi connectivity index (χ4n) is 2.02. The quantitative estimate of drug-likeness (QED) is 0.463. The van der Waals surface area contributed by atoms with E-state index in [1.54, 1.807) is 0 Å². The van der Waals surface area contributed by atoms with Gasteiger partial charge in [-0.1, -0.05) is 24.3 Å². The molecule has 0 aliphatic carbocycles. The van der Waals surface area contributed by atoms with Crippen molar-refractivity contribution in [2.45, 2.75) is 0 Å². The summed E-state index contributed by atoms with van der Waals surface area (Å²) in [5.41, 5.74) is 3.18. The van der Waals surface area contributed by atoms with Crippen LogP contribution in [0.4, 0.5) is 5.69 Å². The molecule has 0 saturated heterocycles.